The molecular weight excluding hydrogens is 226 g/mol. The number of nitrogens with zero attached hydrogens (tertiary/aromatic N) is 3. The van der Waals surface area contributed by atoms with E-state index in [-0.39, 0.29) is 0 Å². The first-order valence-corrected chi connectivity index (χ1v) is 6.75. The summed E-state index contributed by atoms with van der Waals surface area (Å²) >= 11 is 0. The molecule has 0 bridgehead atoms. The Labute approximate surface area is 109 Å². The van der Waals surface area contributed by atoms with E-state index in [9.17, 15) is 0 Å². The van der Waals surface area contributed by atoms with E-state index in [4.69, 9.17) is 5.84 Å². The Balaban J connectivity index is 2.30. The molecule has 0 amide bonds. The number of aryl methyl sites for hydroxylation is 1. The van der Waals surface area contributed by atoms with Gasteiger partial charge in [-0.25, -0.2) is 15.8 Å². The molecule has 1 fully saturated rings. The molecule has 18 heavy (non-hydrogen) atoms. The van der Waals surface area contributed by atoms with Crippen molar-refractivity contribution in [3.05, 3.63) is 11.4 Å². The monoisotopic (exact) mass is 249 g/mol. The summed E-state index contributed by atoms with van der Waals surface area (Å²) in [5, 5.41) is 0. The van der Waals surface area contributed by atoms with E-state index >= 15 is 0 Å². The zero-order chi connectivity index (χ0) is 13.1. The smallest absolute Gasteiger partial charge is 0.148 e. The lowest BCUT2D eigenvalue weighted by Crippen LogP contribution is -2.29. The van der Waals surface area contributed by atoms with E-state index in [1.54, 1.807) is 0 Å². The molecule has 5 nitrogen and oxygen atoms in total. The predicted molar refractivity (Wildman–Crippen MR) is 74.6 cm³/mol. The molecule has 2 rings (SSSR count). The molecule has 0 aromatic carbocycles. The number of hydrazine groups is 1. The summed E-state index contributed by atoms with van der Waals surface area (Å²) in [6.45, 7) is 7.23. The van der Waals surface area contributed by atoms with Crippen LogP contribution in [0.1, 0.15) is 44.0 Å². The number of aromatic nitrogens is 2. The van der Waals surface area contributed by atoms with Gasteiger partial charge in [0.25, 0.3) is 0 Å². The third-order valence-electron chi connectivity index (χ3n) is 3.38. The van der Waals surface area contributed by atoms with Crippen molar-refractivity contribution in [1.82, 2.24) is 9.97 Å². The highest BCUT2D eigenvalue weighted by molar-refractivity contribution is 5.59. The molecule has 1 aliphatic carbocycles. The minimum atomic E-state index is 0.662. The lowest BCUT2D eigenvalue weighted by atomic mass is 10.2. The van der Waals surface area contributed by atoms with Crippen LogP contribution in [0.3, 0.4) is 0 Å². The van der Waals surface area contributed by atoms with Crippen LogP contribution in [0.2, 0.25) is 0 Å². The number of nitrogens with one attached hydrogen (secondary N) is 1. The molecule has 0 spiro atoms. The number of unbranched alkanes of at least 4 members (excludes halogenated alkanes) is 1. The fourth-order valence-corrected chi connectivity index (χ4v) is 2.21. The molecule has 0 aliphatic heterocycles. The second kappa shape index (κ2) is 5.52. The molecule has 1 aromatic heterocycles. The first-order chi connectivity index (χ1) is 8.67. The molecule has 0 atom stereocenters. The van der Waals surface area contributed by atoms with E-state index < -0.39 is 0 Å². The standard InChI is InChI=1S/C13H23N5/c1-4-5-8-18(11-6-7-11)13-9(2)12(17-14)15-10(3)16-13/h11H,4-8,14H2,1-3H3,(H,15,16,17). The van der Waals surface area contributed by atoms with Crippen molar-refractivity contribution in [1.29, 1.82) is 0 Å². The molecular formula is C13H23N5. The van der Waals surface area contributed by atoms with Crippen LogP contribution >= 0.6 is 0 Å². The van der Waals surface area contributed by atoms with Gasteiger partial charge in [0.05, 0.1) is 0 Å². The zero-order valence-electron chi connectivity index (χ0n) is 11.5. The highest BCUT2D eigenvalue weighted by Crippen LogP contribution is 2.34. The Morgan fingerprint density at radius 1 is 1.33 bits per heavy atom. The van der Waals surface area contributed by atoms with E-state index in [0.29, 0.717) is 6.04 Å². The zero-order valence-corrected chi connectivity index (χ0v) is 11.5. The minimum absolute atomic E-state index is 0.662. The summed E-state index contributed by atoms with van der Waals surface area (Å²) < 4.78 is 0. The van der Waals surface area contributed by atoms with Crippen molar-refractivity contribution < 1.29 is 0 Å². The highest BCUT2D eigenvalue weighted by atomic mass is 15.3. The van der Waals surface area contributed by atoms with Crippen molar-refractivity contribution in [3.8, 4) is 0 Å². The average molecular weight is 249 g/mol. The van der Waals surface area contributed by atoms with Crippen LogP contribution in [0.25, 0.3) is 0 Å². The Morgan fingerprint density at radius 3 is 2.61 bits per heavy atom. The summed E-state index contributed by atoms with van der Waals surface area (Å²) in [5.74, 6) is 8.07. The van der Waals surface area contributed by atoms with Gasteiger partial charge in [0, 0.05) is 18.2 Å². The van der Waals surface area contributed by atoms with Gasteiger partial charge < -0.3 is 10.3 Å². The lowest BCUT2D eigenvalue weighted by molar-refractivity contribution is 0.699. The average Bonchev–Trinajstić information content (AvgIpc) is 3.17. The number of hydrogen-bond acceptors (Lipinski definition) is 5. The van der Waals surface area contributed by atoms with Crippen LogP contribution in [-0.2, 0) is 0 Å². The molecule has 0 saturated heterocycles. The topological polar surface area (TPSA) is 67.1 Å². The second-order valence-electron chi connectivity index (χ2n) is 4.99. The Bertz CT molecular complexity index is 414. The number of nitrogen functional groups attached to an aromatic ring is 1. The first kappa shape index (κ1) is 13.1. The van der Waals surface area contributed by atoms with Gasteiger partial charge in [-0.15, -0.1) is 0 Å². The molecule has 100 valence electrons. The van der Waals surface area contributed by atoms with Crippen LogP contribution < -0.4 is 16.2 Å². The summed E-state index contributed by atoms with van der Waals surface area (Å²) in [6, 6.07) is 0.662. The molecule has 5 heteroatoms. The predicted octanol–water partition coefficient (Wildman–Crippen LogP) is 2.15. The summed E-state index contributed by atoms with van der Waals surface area (Å²) in [7, 11) is 0. The largest absolute Gasteiger partial charge is 0.353 e. The molecule has 1 aromatic rings. The van der Waals surface area contributed by atoms with E-state index in [1.807, 2.05) is 13.8 Å². The van der Waals surface area contributed by atoms with Crippen LogP contribution in [0.5, 0.6) is 0 Å². The van der Waals surface area contributed by atoms with Crippen molar-refractivity contribution >= 4 is 11.6 Å². The molecule has 1 heterocycles. The molecule has 3 N–H and O–H groups in total. The highest BCUT2D eigenvalue weighted by Gasteiger charge is 2.31. The summed E-state index contributed by atoms with van der Waals surface area (Å²) in [6.07, 6.45) is 4.95. The van der Waals surface area contributed by atoms with Gasteiger partial charge in [0.2, 0.25) is 0 Å². The van der Waals surface area contributed by atoms with E-state index in [2.05, 4.69) is 27.2 Å². The van der Waals surface area contributed by atoms with E-state index in [0.717, 1.165) is 29.6 Å². The maximum atomic E-state index is 5.52. The van der Waals surface area contributed by atoms with Crippen LogP contribution in [0, 0.1) is 13.8 Å². The van der Waals surface area contributed by atoms with Crippen LogP contribution in [0.15, 0.2) is 0 Å². The fourth-order valence-electron chi connectivity index (χ4n) is 2.21. The van der Waals surface area contributed by atoms with Gasteiger partial charge >= 0.3 is 0 Å². The third-order valence-corrected chi connectivity index (χ3v) is 3.38. The Kier molecular flexibility index (Phi) is 4.01. The third kappa shape index (κ3) is 2.72. The quantitative estimate of drug-likeness (QED) is 0.597. The van der Waals surface area contributed by atoms with Gasteiger partial charge in [0.15, 0.2) is 0 Å². The molecule has 0 unspecified atom stereocenters. The van der Waals surface area contributed by atoms with Crippen molar-refractivity contribution in [3.63, 3.8) is 0 Å². The Hall–Kier alpha value is -1.36. The van der Waals surface area contributed by atoms with Gasteiger partial charge in [-0.2, -0.15) is 0 Å². The summed E-state index contributed by atoms with van der Waals surface area (Å²) in [5.41, 5.74) is 3.72. The van der Waals surface area contributed by atoms with Crippen molar-refractivity contribution in [2.45, 2.75) is 52.5 Å². The van der Waals surface area contributed by atoms with Gasteiger partial charge in [-0.1, -0.05) is 13.3 Å². The van der Waals surface area contributed by atoms with E-state index in [1.165, 1.54) is 25.7 Å². The maximum Gasteiger partial charge on any atom is 0.148 e. The minimum Gasteiger partial charge on any atom is -0.353 e. The van der Waals surface area contributed by atoms with Gasteiger partial charge in [-0.05, 0) is 33.1 Å². The lowest BCUT2D eigenvalue weighted by Gasteiger charge is -2.26. The molecule has 1 saturated carbocycles. The second-order valence-corrected chi connectivity index (χ2v) is 4.99. The number of anilines is 2. The number of hydrogen-bond donors (Lipinski definition) is 2. The van der Waals surface area contributed by atoms with Crippen LogP contribution in [-0.4, -0.2) is 22.6 Å². The van der Waals surface area contributed by atoms with Crippen molar-refractivity contribution in [2.75, 3.05) is 16.9 Å². The maximum absolute atomic E-state index is 5.52. The SMILES string of the molecule is CCCCN(c1nc(C)nc(NN)c1C)C1CC1. The number of nitrogens with two attached hydrogens (primary N) is 1. The van der Waals surface area contributed by atoms with Crippen molar-refractivity contribution in [2.24, 2.45) is 5.84 Å². The van der Waals surface area contributed by atoms with Gasteiger partial charge in [0.1, 0.15) is 17.5 Å². The Morgan fingerprint density at radius 2 is 2.06 bits per heavy atom. The molecule has 1 aliphatic rings. The number of rotatable bonds is 6. The first-order valence-electron chi connectivity index (χ1n) is 6.75. The van der Waals surface area contributed by atoms with Crippen LogP contribution in [0.4, 0.5) is 11.6 Å². The summed E-state index contributed by atoms with van der Waals surface area (Å²) in [4.78, 5) is 11.4. The fraction of sp³-hybridized carbons (Fsp3) is 0.692. The normalized spacial score (nSPS) is 14.7. The van der Waals surface area contributed by atoms with Gasteiger partial charge in [-0.3, -0.25) is 0 Å². The molecule has 0 radical (unpaired) electrons.